The molecule has 0 spiro atoms. The Balaban J connectivity index is 1.46. The van der Waals surface area contributed by atoms with E-state index in [1.807, 2.05) is 17.6 Å². The van der Waals surface area contributed by atoms with Gasteiger partial charge in [-0.3, -0.25) is 4.98 Å². The third kappa shape index (κ3) is 3.64. The molecule has 0 saturated carbocycles. The van der Waals surface area contributed by atoms with Gasteiger partial charge in [-0.2, -0.15) is 0 Å². The number of halogens is 1. The van der Waals surface area contributed by atoms with E-state index in [9.17, 15) is 9.18 Å². The molecule has 8 heteroatoms. The number of urea groups is 1. The van der Waals surface area contributed by atoms with Crippen molar-refractivity contribution in [1.82, 2.24) is 25.1 Å². The summed E-state index contributed by atoms with van der Waals surface area (Å²) in [7, 11) is 0. The van der Waals surface area contributed by atoms with Gasteiger partial charge in [0.05, 0.1) is 11.9 Å². The van der Waals surface area contributed by atoms with Crippen LogP contribution in [0.2, 0.25) is 0 Å². The highest BCUT2D eigenvalue weighted by molar-refractivity contribution is 5.90. The minimum Gasteiger partial charge on any atom is -0.333 e. The summed E-state index contributed by atoms with van der Waals surface area (Å²) < 4.78 is 15.2. The van der Waals surface area contributed by atoms with Crippen molar-refractivity contribution in [2.24, 2.45) is 0 Å². The second kappa shape index (κ2) is 7.14. The van der Waals surface area contributed by atoms with Crippen LogP contribution < -0.4 is 10.6 Å². The fourth-order valence-corrected chi connectivity index (χ4v) is 3.20. The number of carbonyl (C=O) groups excluding carboxylic acids is 1. The summed E-state index contributed by atoms with van der Waals surface area (Å²) in [6.07, 6.45) is 4.80. The summed E-state index contributed by atoms with van der Waals surface area (Å²) in [5.74, 6) is 1.26. The molecular weight excluding hydrogens is 347 g/mol. The summed E-state index contributed by atoms with van der Waals surface area (Å²) in [5.41, 5.74) is 2.43. The van der Waals surface area contributed by atoms with Gasteiger partial charge in [-0.05, 0) is 49.2 Å². The second-order valence-electron chi connectivity index (χ2n) is 6.58. The number of anilines is 1. The van der Waals surface area contributed by atoms with Crippen LogP contribution in [0.25, 0.3) is 11.4 Å². The summed E-state index contributed by atoms with van der Waals surface area (Å²) in [6, 6.07) is 7.69. The monoisotopic (exact) mass is 366 g/mol. The number of benzene rings is 1. The van der Waals surface area contributed by atoms with E-state index in [2.05, 4.69) is 25.8 Å². The molecule has 0 unspecified atom stereocenters. The van der Waals surface area contributed by atoms with Crippen LogP contribution in [-0.2, 0) is 13.0 Å². The molecule has 2 N–H and O–H groups in total. The number of amides is 2. The van der Waals surface area contributed by atoms with E-state index >= 15 is 0 Å². The Hall–Kier alpha value is -3.29. The molecule has 138 valence electrons. The fraction of sp³-hybridized carbons (Fsp3) is 0.263. The minimum absolute atomic E-state index is 0.0512. The van der Waals surface area contributed by atoms with Crippen LogP contribution in [0.15, 0.2) is 42.7 Å². The number of nitrogens with one attached hydrogen (secondary N) is 2. The Bertz CT molecular complexity index is 969. The molecule has 4 rings (SSSR count). The Morgan fingerprint density at radius 3 is 2.81 bits per heavy atom. The maximum absolute atomic E-state index is 13.2. The van der Waals surface area contributed by atoms with E-state index < -0.39 is 0 Å². The molecule has 2 amide bonds. The van der Waals surface area contributed by atoms with E-state index in [0.29, 0.717) is 24.5 Å². The number of fused-ring (bicyclic) bond motifs is 1. The molecule has 2 aromatic heterocycles. The van der Waals surface area contributed by atoms with Crippen molar-refractivity contribution in [2.45, 2.75) is 32.4 Å². The van der Waals surface area contributed by atoms with Crippen LogP contribution in [0.1, 0.15) is 17.8 Å². The highest BCUT2D eigenvalue weighted by atomic mass is 19.1. The molecule has 0 saturated heterocycles. The summed E-state index contributed by atoms with van der Waals surface area (Å²) in [5, 5.41) is 14.3. The van der Waals surface area contributed by atoms with Gasteiger partial charge in [-0.25, -0.2) is 9.18 Å². The van der Waals surface area contributed by atoms with E-state index in [-0.39, 0.29) is 17.9 Å². The first-order valence-corrected chi connectivity index (χ1v) is 8.76. The number of pyridine rings is 1. The van der Waals surface area contributed by atoms with Gasteiger partial charge in [-0.15, -0.1) is 10.2 Å². The molecule has 1 aromatic carbocycles. The zero-order chi connectivity index (χ0) is 18.8. The van der Waals surface area contributed by atoms with Gasteiger partial charge in [0.1, 0.15) is 11.6 Å². The lowest BCUT2D eigenvalue weighted by Gasteiger charge is -2.25. The van der Waals surface area contributed by atoms with Crippen molar-refractivity contribution in [3.8, 4) is 11.4 Å². The molecule has 27 heavy (non-hydrogen) atoms. The molecule has 1 aliphatic rings. The first-order valence-electron chi connectivity index (χ1n) is 8.76. The fourth-order valence-electron chi connectivity index (χ4n) is 3.20. The van der Waals surface area contributed by atoms with Crippen molar-refractivity contribution in [2.75, 3.05) is 5.32 Å². The summed E-state index contributed by atoms with van der Waals surface area (Å²) in [4.78, 5) is 16.4. The lowest BCUT2D eigenvalue weighted by molar-refractivity contribution is 0.244. The molecule has 3 aromatic rings. The molecule has 3 heterocycles. The second-order valence-corrected chi connectivity index (χ2v) is 6.58. The van der Waals surface area contributed by atoms with Crippen LogP contribution >= 0.6 is 0 Å². The predicted octanol–water partition coefficient (Wildman–Crippen LogP) is 2.92. The Labute approximate surface area is 155 Å². The van der Waals surface area contributed by atoms with Crippen molar-refractivity contribution in [3.63, 3.8) is 0 Å². The molecular formula is C19H19FN6O. The van der Waals surface area contributed by atoms with E-state index in [0.717, 1.165) is 23.4 Å². The SMILES string of the molecule is Cc1ccncc1NC(=O)N[C@H]1CCc2nnc(-c3ccc(F)cc3)n2C1. The highest BCUT2D eigenvalue weighted by Crippen LogP contribution is 2.23. The van der Waals surface area contributed by atoms with Gasteiger partial charge < -0.3 is 15.2 Å². The minimum atomic E-state index is -0.293. The number of carbonyl (C=O) groups is 1. The average Bonchev–Trinajstić information content (AvgIpc) is 3.07. The van der Waals surface area contributed by atoms with Crippen molar-refractivity contribution in [1.29, 1.82) is 0 Å². The molecule has 0 bridgehead atoms. The highest BCUT2D eigenvalue weighted by Gasteiger charge is 2.24. The molecule has 0 fully saturated rings. The maximum atomic E-state index is 13.2. The summed E-state index contributed by atoms with van der Waals surface area (Å²) in [6.45, 7) is 2.48. The zero-order valence-electron chi connectivity index (χ0n) is 14.8. The van der Waals surface area contributed by atoms with Crippen LogP contribution in [0.3, 0.4) is 0 Å². The third-order valence-electron chi connectivity index (χ3n) is 4.67. The van der Waals surface area contributed by atoms with Crippen molar-refractivity contribution >= 4 is 11.7 Å². The number of hydrogen-bond donors (Lipinski definition) is 2. The Morgan fingerprint density at radius 2 is 2.04 bits per heavy atom. The molecule has 1 atom stereocenters. The molecule has 0 aliphatic carbocycles. The quantitative estimate of drug-likeness (QED) is 0.746. The van der Waals surface area contributed by atoms with E-state index in [4.69, 9.17) is 0 Å². The molecule has 1 aliphatic heterocycles. The first kappa shape index (κ1) is 17.1. The molecule has 0 radical (unpaired) electrons. The lowest BCUT2D eigenvalue weighted by Crippen LogP contribution is -2.43. The Kier molecular flexibility index (Phi) is 4.53. The number of aromatic nitrogens is 4. The van der Waals surface area contributed by atoms with Crippen molar-refractivity contribution in [3.05, 3.63) is 59.9 Å². The van der Waals surface area contributed by atoms with E-state index in [1.165, 1.54) is 12.1 Å². The largest absolute Gasteiger partial charge is 0.333 e. The summed E-state index contributed by atoms with van der Waals surface area (Å²) >= 11 is 0. The predicted molar refractivity (Wildman–Crippen MR) is 98.7 cm³/mol. The van der Waals surface area contributed by atoms with Crippen LogP contribution in [0.5, 0.6) is 0 Å². The number of aryl methyl sites for hydroxylation is 2. The number of nitrogens with zero attached hydrogens (tertiary/aromatic N) is 4. The van der Waals surface area contributed by atoms with Gasteiger partial charge in [0.25, 0.3) is 0 Å². The maximum Gasteiger partial charge on any atom is 0.319 e. The van der Waals surface area contributed by atoms with Gasteiger partial charge in [0.2, 0.25) is 0 Å². The average molecular weight is 366 g/mol. The van der Waals surface area contributed by atoms with Gasteiger partial charge >= 0.3 is 6.03 Å². The lowest BCUT2D eigenvalue weighted by atomic mass is 10.1. The number of hydrogen-bond acceptors (Lipinski definition) is 4. The van der Waals surface area contributed by atoms with Gasteiger partial charge in [0, 0.05) is 30.8 Å². The number of rotatable bonds is 3. The van der Waals surface area contributed by atoms with Crippen molar-refractivity contribution < 1.29 is 9.18 Å². The normalized spacial score (nSPS) is 15.9. The Morgan fingerprint density at radius 1 is 1.22 bits per heavy atom. The van der Waals surface area contributed by atoms with Gasteiger partial charge in [0.15, 0.2) is 5.82 Å². The standard InChI is InChI=1S/C19H19FN6O/c1-12-8-9-21-10-16(12)23-19(27)22-15-6-7-17-24-25-18(26(17)11-15)13-2-4-14(20)5-3-13/h2-5,8-10,15H,6-7,11H2,1H3,(H2,22,23,27)/t15-/m0/s1. The van der Waals surface area contributed by atoms with Gasteiger partial charge in [-0.1, -0.05) is 0 Å². The van der Waals surface area contributed by atoms with Crippen LogP contribution in [0.4, 0.5) is 14.9 Å². The third-order valence-corrected chi connectivity index (χ3v) is 4.67. The smallest absolute Gasteiger partial charge is 0.319 e. The zero-order valence-corrected chi connectivity index (χ0v) is 14.8. The van der Waals surface area contributed by atoms with E-state index in [1.54, 1.807) is 24.5 Å². The topological polar surface area (TPSA) is 84.7 Å². The van der Waals surface area contributed by atoms with Crippen LogP contribution in [-0.4, -0.2) is 31.8 Å². The molecule has 7 nitrogen and oxygen atoms in total. The van der Waals surface area contributed by atoms with Crippen LogP contribution in [0, 0.1) is 12.7 Å². The first-order chi connectivity index (χ1) is 13.1.